The second kappa shape index (κ2) is 8.97. The number of hydrogen-bond acceptors (Lipinski definition) is 6. The van der Waals surface area contributed by atoms with Crippen molar-refractivity contribution in [3.63, 3.8) is 0 Å². The van der Waals surface area contributed by atoms with E-state index < -0.39 is 17.1 Å². The highest BCUT2D eigenvalue weighted by molar-refractivity contribution is 7.99. The van der Waals surface area contributed by atoms with Crippen LogP contribution < -0.4 is 0 Å². The molecule has 8 atom stereocenters. The summed E-state index contributed by atoms with van der Waals surface area (Å²) in [4.78, 5) is 29.9. The lowest BCUT2D eigenvalue weighted by Gasteiger charge is -2.60. The number of aliphatic hydroxyl groups is 2. The summed E-state index contributed by atoms with van der Waals surface area (Å²) in [6.45, 7) is 6.38. The van der Waals surface area contributed by atoms with Gasteiger partial charge in [-0.15, -0.1) is 0 Å². The van der Waals surface area contributed by atoms with Crippen LogP contribution in [-0.4, -0.2) is 50.0 Å². The Hall–Kier alpha value is -1.76. The molecule has 0 radical (unpaired) electrons. The van der Waals surface area contributed by atoms with Gasteiger partial charge in [0.2, 0.25) is 0 Å². The molecule has 1 heterocycles. The van der Waals surface area contributed by atoms with E-state index in [1.54, 1.807) is 30.1 Å². The molecular formula is C29H37NO4S. The molecule has 1 aromatic rings. The predicted molar refractivity (Wildman–Crippen MR) is 138 cm³/mol. The van der Waals surface area contributed by atoms with E-state index in [-0.39, 0.29) is 46.4 Å². The Kier molecular flexibility index (Phi) is 6.38. The number of allylic oxidation sites excluding steroid dienone is 4. The van der Waals surface area contributed by atoms with Crippen LogP contribution in [0.25, 0.3) is 0 Å². The number of nitrogens with zero attached hydrogens (tertiary/aromatic N) is 1. The second-order valence-electron chi connectivity index (χ2n) is 11.7. The van der Waals surface area contributed by atoms with Crippen LogP contribution in [0.4, 0.5) is 0 Å². The van der Waals surface area contributed by atoms with Crippen molar-refractivity contribution in [1.29, 1.82) is 0 Å². The summed E-state index contributed by atoms with van der Waals surface area (Å²) in [5.74, 6) is 1.60. The van der Waals surface area contributed by atoms with Crippen molar-refractivity contribution in [3.05, 3.63) is 53.9 Å². The average molecular weight is 496 g/mol. The first kappa shape index (κ1) is 24.9. The maximum Gasteiger partial charge on any atom is 0.178 e. The molecule has 5 unspecified atom stereocenters. The summed E-state index contributed by atoms with van der Waals surface area (Å²) in [6.07, 6.45) is 9.94. The van der Waals surface area contributed by atoms with Crippen LogP contribution in [0.15, 0.2) is 48.2 Å². The lowest BCUT2D eigenvalue weighted by Crippen LogP contribution is -2.62. The van der Waals surface area contributed by atoms with E-state index in [0.29, 0.717) is 12.8 Å². The topological polar surface area (TPSA) is 87.5 Å². The van der Waals surface area contributed by atoms with E-state index in [4.69, 9.17) is 0 Å². The van der Waals surface area contributed by atoms with Crippen molar-refractivity contribution in [2.24, 2.45) is 34.5 Å². The Labute approximate surface area is 212 Å². The summed E-state index contributed by atoms with van der Waals surface area (Å²) in [5, 5.41) is 23.4. The summed E-state index contributed by atoms with van der Waals surface area (Å²) < 4.78 is 0. The minimum Gasteiger partial charge on any atom is -0.393 e. The Morgan fingerprint density at radius 3 is 2.83 bits per heavy atom. The van der Waals surface area contributed by atoms with E-state index in [1.807, 2.05) is 31.2 Å². The minimum atomic E-state index is -1.40. The first-order chi connectivity index (χ1) is 16.6. The molecule has 0 aliphatic heterocycles. The predicted octanol–water partition coefficient (Wildman–Crippen LogP) is 4.18. The molecule has 0 spiro atoms. The van der Waals surface area contributed by atoms with Gasteiger partial charge < -0.3 is 10.2 Å². The van der Waals surface area contributed by atoms with Gasteiger partial charge in [0.15, 0.2) is 11.6 Å². The van der Waals surface area contributed by atoms with E-state index in [2.05, 4.69) is 18.8 Å². The molecule has 0 aromatic carbocycles. The average Bonchev–Trinajstić information content (AvgIpc) is 3.09. The molecular weight excluding hydrogens is 458 g/mol. The summed E-state index contributed by atoms with van der Waals surface area (Å²) in [5.41, 5.74) is -0.268. The highest BCUT2D eigenvalue weighted by Gasteiger charge is 2.68. The first-order valence-electron chi connectivity index (χ1n) is 13.0. The summed E-state index contributed by atoms with van der Waals surface area (Å²) >= 11 is 1.56. The Morgan fingerprint density at radius 2 is 2.09 bits per heavy atom. The molecule has 5 nitrogen and oxygen atoms in total. The van der Waals surface area contributed by atoms with E-state index in [9.17, 15) is 19.8 Å². The molecule has 2 N–H and O–H groups in total. The number of aryl methyl sites for hydroxylation is 1. The Balaban J connectivity index is 1.33. The standard InChI is InChI=1S/C29H37NO4S/c1-18-14-21-22-8-11-29(34,25(33)17-35-13-9-19-6-4-5-12-30-19)28(22,3)16-24(32)26(21)27(2)10-7-20(31)15-23(18)27/h4-7,10,12,15,18,21-22,24,26,32,34H,8-9,11,13-14,16-17H2,1-3H3/t18-,21?,22?,24-,26?,27?,28?,29-/m0/s1. The normalized spacial score (nSPS) is 42.1. The third-order valence-corrected chi connectivity index (χ3v) is 10.9. The quantitative estimate of drug-likeness (QED) is 0.576. The number of carbonyl (C=O) groups is 2. The van der Waals surface area contributed by atoms with Gasteiger partial charge in [0.25, 0.3) is 0 Å². The van der Waals surface area contributed by atoms with Crippen molar-refractivity contribution < 1.29 is 19.8 Å². The maximum absolute atomic E-state index is 13.5. The fourth-order valence-corrected chi connectivity index (χ4v) is 9.14. The van der Waals surface area contributed by atoms with Gasteiger partial charge in [-0.25, -0.2) is 0 Å². The molecule has 3 saturated carbocycles. The Morgan fingerprint density at radius 1 is 1.29 bits per heavy atom. The largest absolute Gasteiger partial charge is 0.393 e. The molecule has 6 heteroatoms. The van der Waals surface area contributed by atoms with Crippen LogP contribution >= 0.6 is 11.8 Å². The molecule has 5 rings (SSSR count). The summed E-state index contributed by atoms with van der Waals surface area (Å²) in [7, 11) is 0. The number of carbonyl (C=O) groups excluding carboxylic acids is 2. The van der Waals surface area contributed by atoms with E-state index >= 15 is 0 Å². The smallest absolute Gasteiger partial charge is 0.178 e. The van der Waals surface area contributed by atoms with Crippen LogP contribution in [0.5, 0.6) is 0 Å². The van der Waals surface area contributed by atoms with Crippen molar-refractivity contribution in [2.75, 3.05) is 11.5 Å². The number of ketones is 2. The van der Waals surface area contributed by atoms with Gasteiger partial charge in [-0.3, -0.25) is 14.6 Å². The van der Waals surface area contributed by atoms with Crippen molar-refractivity contribution in [1.82, 2.24) is 4.98 Å². The van der Waals surface area contributed by atoms with Gasteiger partial charge in [-0.2, -0.15) is 11.8 Å². The number of pyridine rings is 1. The van der Waals surface area contributed by atoms with Crippen LogP contribution in [0.1, 0.15) is 52.1 Å². The number of hydrogen-bond donors (Lipinski definition) is 2. The molecule has 4 aliphatic carbocycles. The zero-order valence-electron chi connectivity index (χ0n) is 20.9. The van der Waals surface area contributed by atoms with Gasteiger partial charge >= 0.3 is 0 Å². The fourth-order valence-electron chi connectivity index (χ4n) is 8.22. The molecule has 3 fully saturated rings. The summed E-state index contributed by atoms with van der Waals surface area (Å²) in [6, 6.07) is 5.85. The number of aromatic nitrogens is 1. The third-order valence-electron chi connectivity index (χ3n) is 9.89. The van der Waals surface area contributed by atoms with Crippen LogP contribution in [0.3, 0.4) is 0 Å². The highest BCUT2D eigenvalue weighted by atomic mass is 32.2. The number of aliphatic hydroxyl groups excluding tert-OH is 1. The van der Waals surface area contributed by atoms with Crippen LogP contribution in [0, 0.1) is 34.5 Å². The lowest BCUT2D eigenvalue weighted by atomic mass is 9.45. The van der Waals surface area contributed by atoms with Crippen LogP contribution in [-0.2, 0) is 16.0 Å². The second-order valence-corrected chi connectivity index (χ2v) is 12.8. The van der Waals surface area contributed by atoms with Crippen molar-refractivity contribution >= 4 is 23.3 Å². The van der Waals surface area contributed by atoms with Gasteiger partial charge in [-0.05, 0) is 79.9 Å². The van der Waals surface area contributed by atoms with Gasteiger partial charge in [-0.1, -0.05) is 38.5 Å². The third kappa shape index (κ3) is 3.87. The number of fused-ring (bicyclic) bond motifs is 5. The van der Waals surface area contributed by atoms with Gasteiger partial charge in [0.1, 0.15) is 5.60 Å². The zero-order chi connectivity index (χ0) is 25.0. The molecule has 1 aromatic heterocycles. The Bertz CT molecular complexity index is 1070. The van der Waals surface area contributed by atoms with E-state index in [0.717, 1.165) is 36.3 Å². The molecule has 35 heavy (non-hydrogen) atoms. The monoisotopic (exact) mass is 495 g/mol. The lowest BCUT2D eigenvalue weighted by molar-refractivity contribution is -0.176. The van der Waals surface area contributed by atoms with Gasteiger partial charge in [0.05, 0.1) is 11.9 Å². The molecule has 4 aliphatic rings. The SMILES string of the molecule is C[C@H]1CC2C([C@@H](O)CC3(C)C2CC[C@]3(O)C(=O)CSCCc2ccccn2)C2(C)C=CC(=O)C=C12. The van der Waals surface area contributed by atoms with Crippen molar-refractivity contribution in [2.45, 2.75) is 64.6 Å². The molecule has 188 valence electrons. The number of thioether (sulfide) groups is 1. The highest BCUT2D eigenvalue weighted by Crippen LogP contribution is 2.67. The van der Waals surface area contributed by atoms with Crippen molar-refractivity contribution in [3.8, 4) is 0 Å². The number of rotatable bonds is 6. The molecule has 0 saturated heterocycles. The minimum absolute atomic E-state index is 0.00225. The molecule has 0 bridgehead atoms. The van der Waals surface area contributed by atoms with E-state index in [1.165, 1.54) is 0 Å². The zero-order valence-corrected chi connectivity index (χ0v) is 21.8. The van der Waals surface area contributed by atoms with Crippen LogP contribution in [0.2, 0.25) is 0 Å². The molecule has 0 amide bonds. The fraction of sp³-hybridized carbons (Fsp3) is 0.621. The number of Topliss-reactive ketones (excluding diaryl/α,β-unsaturated/α-hetero) is 1. The first-order valence-corrected chi connectivity index (χ1v) is 14.1. The maximum atomic E-state index is 13.5. The van der Waals surface area contributed by atoms with Gasteiger partial charge in [0, 0.05) is 28.6 Å².